The first-order valence-corrected chi connectivity index (χ1v) is 9.49. The number of methoxy groups -OCH3 is 1. The van der Waals surface area contributed by atoms with Gasteiger partial charge in [-0.25, -0.2) is 4.98 Å². The number of para-hydroxylation sites is 1. The highest BCUT2D eigenvalue weighted by atomic mass is 79.9. The van der Waals surface area contributed by atoms with Crippen LogP contribution in [0.25, 0.3) is 23.1 Å². The molecule has 148 valence electrons. The Morgan fingerprint density at radius 2 is 1.72 bits per heavy atom. The molecule has 0 atom stereocenters. The second-order valence-corrected chi connectivity index (χ2v) is 6.97. The molecule has 0 saturated heterocycles. The highest BCUT2D eigenvalue weighted by Crippen LogP contribution is 2.37. The number of benzene rings is 2. The summed E-state index contributed by atoms with van der Waals surface area (Å²) in [6, 6.07) is 12.8. The smallest absolute Gasteiger partial charge is 0.308 e. The van der Waals surface area contributed by atoms with Gasteiger partial charge in [0.05, 0.1) is 17.3 Å². The maximum absolute atomic E-state index is 11.3. The van der Waals surface area contributed by atoms with E-state index in [4.69, 9.17) is 14.2 Å². The summed E-state index contributed by atoms with van der Waals surface area (Å²) in [5.74, 6) is 0.339. The predicted molar refractivity (Wildman–Crippen MR) is 114 cm³/mol. The number of esters is 2. The van der Waals surface area contributed by atoms with E-state index >= 15 is 0 Å². The Bertz CT molecular complexity index is 1120. The van der Waals surface area contributed by atoms with Crippen LogP contribution in [0.2, 0.25) is 0 Å². The minimum Gasteiger partial charge on any atom is -0.493 e. The van der Waals surface area contributed by atoms with Crippen LogP contribution >= 0.6 is 15.9 Å². The van der Waals surface area contributed by atoms with Crippen molar-refractivity contribution < 1.29 is 23.8 Å². The monoisotopic (exact) mass is 455 g/mol. The second-order valence-electron chi connectivity index (χ2n) is 6.12. The number of halogens is 1. The molecule has 0 spiro atoms. The Morgan fingerprint density at radius 3 is 2.41 bits per heavy atom. The van der Waals surface area contributed by atoms with Crippen molar-refractivity contribution in [1.82, 2.24) is 4.98 Å². The van der Waals surface area contributed by atoms with Crippen LogP contribution in [0.4, 0.5) is 0 Å². The van der Waals surface area contributed by atoms with Crippen LogP contribution in [0.15, 0.2) is 46.9 Å². The van der Waals surface area contributed by atoms with E-state index in [1.54, 1.807) is 12.1 Å². The Kier molecular flexibility index (Phi) is 6.29. The maximum Gasteiger partial charge on any atom is 0.308 e. The first-order chi connectivity index (χ1) is 13.9. The van der Waals surface area contributed by atoms with Gasteiger partial charge in [-0.05, 0) is 51.8 Å². The molecule has 0 aliphatic rings. The molecule has 0 unspecified atom stereocenters. The average Bonchev–Trinajstić information content (AvgIpc) is 2.67. The number of nitrogens with zero attached hydrogens (tertiary/aromatic N) is 1. The largest absolute Gasteiger partial charge is 0.493 e. The van der Waals surface area contributed by atoms with Gasteiger partial charge in [-0.15, -0.1) is 0 Å². The van der Waals surface area contributed by atoms with E-state index in [9.17, 15) is 9.59 Å². The van der Waals surface area contributed by atoms with Gasteiger partial charge in [0.25, 0.3) is 0 Å². The molecule has 7 heteroatoms. The molecular weight excluding hydrogens is 438 g/mol. The van der Waals surface area contributed by atoms with Crippen LogP contribution in [-0.4, -0.2) is 24.0 Å². The molecular formula is C22H18BrNO5. The highest BCUT2D eigenvalue weighted by Gasteiger charge is 2.13. The highest BCUT2D eigenvalue weighted by molar-refractivity contribution is 9.10. The van der Waals surface area contributed by atoms with Crippen molar-refractivity contribution in [2.24, 2.45) is 0 Å². The first kappa shape index (κ1) is 20.5. The molecule has 0 aliphatic heterocycles. The minimum absolute atomic E-state index is 0.326. The lowest BCUT2D eigenvalue weighted by molar-refractivity contribution is -0.132. The molecule has 2 aromatic carbocycles. The quantitative estimate of drug-likeness (QED) is 0.396. The third-order valence-electron chi connectivity index (χ3n) is 3.90. The van der Waals surface area contributed by atoms with Crippen molar-refractivity contribution in [3.63, 3.8) is 0 Å². The molecule has 3 rings (SSSR count). The Morgan fingerprint density at radius 1 is 0.966 bits per heavy atom. The first-order valence-electron chi connectivity index (χ1n) is 8.69. The molecule has 0 fully saturated rings. The maximum atomic E-state index is 11.3. The second kappa shape index (κ2) is 8.87. The van der Waals surface area contributed by atoms with E-state index in [0.717, 1.165) is 10.9 Å². The van der Waals surface area contributed by atoms with Gasteiger partial charge < -0.3 is 14.2 Å². The fraction of sp³-hybridized carbons (Fsp3) is 0.136. The molecule has 0 saturated carbocycles. The fourth-order valence-corrected chi connectivity index (χ4v) is 3.27. The van der Waals surface area contributed by atoms with E-state index in [1.807, 2.05) is 42.5 Å². The number of pyridine rings is 1. The number of aromatic nitrogens is 1. The van der Waals surface area contributed by atoms with Crippen molar-refractivity contribution >= 4 is 50.9 Å². The number of rotatable bonds is 5. The van der Waals surface area contributed by atoms with Gasteiger partial charge in [-0.1, -0.05) is 24.3 Å². The standard InChI is InChI=1S/C22H18BrNO5/c1-13(25)28-19-6-4-5-16-8-10-17(24-21(16)19)9-7-15-11-18(23)22(29-14(2)26)20(12-15)27-3/h4-12H,1-3H3. The molecule has 29 heavy (non-hydrogen) atoms. The number of fused-ring (bicyclic) bond motifs is 1. The summed E-state index contributed by atoms with van der Waals surface area (Å²) in [4.78, 5) is 27.2. The van der Waals surface area contributed by atoms with Crippen LogP contribution in [0, 0.1) is 0 Å². The van der Waals surface area contributed by atoms with Crippen LogP contribution < -0.4 is 14.2 Å². The van der Waals surface area contributed by atoms with Crippen LogP contribution in [-0.2, 0) is 9.59 Å². The summed E-state index contributed by atoms with van der Waals surface area (Å²) in [5, 5.41) is 0.871. The third-order valence-corrected chi connectivity index (χ3v) is 4.49. The lowest BCUT2D eigenvalue weighted by Crippen LogP contribution is -2.04. The number of carbonyl (C=O) groups is 2. The van der Waals surface area contributed by atoms with Gasteiger partial charge in [0.2, 0.25) is 0 Å². The Labute approximate surface area is 176 Å². The molecule has 1 aromatic heterocycles. The predicted octanol–water partition coefficient (Wildman–Crippen LogP) is 5.03. The number of carbonyl (C=O) groups excluding carboxylic acids is 2. The normalized spacial score (nSPS) is 10.9. The van der Waals surface area contributed by atoms with E-state index in [2.05, 4.69) is 20.9 Å². The van der Waals surface area contributed by atoms with Gasteiger partial charge in [-0.2, -0.15) is 0 Å². The fourth-order valence-electron chi connectivity index (χ4n) is 2.73. The summed E-state index contributed by atoms with van der Waals surface area (Å²) in [5.41, 5.74) is 2.12. The topological polar surface area (TPSA) is 74.7 Å². The van der Waals surface area contributed by atoms with Gasteiger partial charge in [0.1, 0.15) is 5.52 Å². The van der Waals surface area contributed by atoms with Crippen molar-refractivity contribution in [2.45, 2.75) is 13.8 Å². The van der Waals surface area contributed by atoms with Crippen LogP contribution in [0.5, 0.6) is 17.2 Å². The zero-order valence-electron chi connectivity index (χ0n) is 16.1. The summed E-state index contributed by atoms with van der Waals surface area (Å²) in [7, 11) is 1.50. The van der Waals surface area contributed by atoms with E-state index in [1.165, 1.54) is 21.0 Å². The summed E-state index contributed by atoms with van der Waals surface area (Å²) >= 11 is 3.40. The zero-order chi connectivity index (χ0) is 21.0. The molecule has 0 aliphatic carbocycles. The van der Waals surface area contributed by atoms with Gasteiger partial charge in [-0.3, -0.25) is 9.59 Å². The third kappa shape index (κ3) is 5.00. The van der Waals surface area contributed by atoms with Crippen molar-refractivity contribution in [3.8, 4) is 17.2 Å². The van der Waals surface area contributed by atoms with E-state index in [0.29, 0.717) is 32.9 Å². The number of hydrogen-bond donors (Lipinski definition) is 0. The number of ether oxygens (including phenoxy) is 3. The number of hydrogen-bond acceptors (Lipinski definition) is 6. The minimum atomic E-state index is -0.434. The molecule has 6 nitrogen and oxygen atoms in total. The molecule has 0 N–H and O–H groups in total. The molecule has 3 aromatic rings. The SMILES string of the molecule is COc1cc(C=Cc2ccc3cccc(OC(C)=O)c3n2)cc(Br)c1OC(C)=O. The van der Waals surface area contributed by atoms with Crippen LogP contribution in [0.1, 0.15) is 25.1 Å². The summed E-state index contributed by atoms with van der Waals surface area (Å²) in [6.07, 6.45) is 3.68. The van der Waals surface area contributed by atoms with Crippen molar-refractivity contribution in [3.05, 3.63) is 58.2 Å². The molecule has 0 bridgehead atoms. The molecule has 0 radical (unpaired) electrons. The molecule has 1 heterocycles. The summed E-state index contributed by atoms with van der Waals surface area (Å²) < 4.78 is 16.4. The average molecular weight is 456 g/mol. The van der Waals surface area contributed by atoms with Gasteiger partial charge >= 0.3 is 11.9 Å². The van der Waals surface area contributed by atoms with Gasteiger partial charge in [0.15, 0.2) is 17.2 Å². The van der Waals surface area contributed by atoms with Gasteiger partial charge in [0, 0.05) is 19.2 Å². The Balaban J connectivity index is 1.95. The Hall–Kier alpha value is -3.19. The lowest BCUT2D eigenvalue weighted by atomic mass is 10.1. The van der Waals surface area contributed by atoms with Crippen molar-refractivity contribution in [1.29, 1.82) is 0 Å². The van der Waals surface area contributed by atoms with E-state index < -0.39 is 11.9 Å². The van der Waals surface area contributed by atoms with E-state index in [-0.39, 0.29) is 0 Å². The lowest BCUT2D eigenvalue weighted by Gasteiger charge is -2.11. The summed E-state index contributed by atoms with van der Waals surface area (Å²) in [6.45, 7) is 2.68. The van der Waals surface area contributed by atoms with Crippen molar-refractivity contribution in [2.75, 3.05) is 7.11 Å². The zero-order valence-corrected chi connectivity index (χ0v) is 17.6. The molecule has 0 amide bonds. The van der Waals surface area contributed by atoms with Crippen LogP contribution in [0.3, 0.4) is 0 Å².